The number of hydrogen-bond acceptors (Lipinski definition) is 5. The molecule has 8 nitrogen and oxygen atoms in total. The van der Waals surface area contributed by atoms with E-state index in [1.807, 2.05) is 20.8 Å². The summed E-state index contributed by atoms with van der Waals surface area (Å²) in [5.41, 5.74) is 1.93. The number of carbonyl (C=O) groups is 3. The quantitative estimate of drug-likeness (QED) is 0.461. The average molecular weight is 427 g/mol. The van der Waals surface area contributed by atoms with Crippen molar-refractivity contribution >= 4 is 29.1 Å². The second-order valence-corrected chi connectivity index (χ2v) is 8.01. The van der Waals surface area contributed by atoms with Gasteiger partial charge in [0, 0.05) is 41.7 Å². The first kappa shape index (κ1) is 23.9. The molecule has 0 saturated carbocycles. The Bertz CT molecular complexity index is 905. The van der Waals surface area contributed by atoms with Gasteiger partial charge in [-0.1, -0.05) is 6.07 Å². The molecule has 2 aromatic carbocycles. The van der Waals surface area contributed by atoms with E-state index >= 15 is 0 Å². The van der Waals surface area contributed by atoms with Crippen molar-refractivity contribution in [3.8, 4) is 0 Å². The highest BCUT2D eigenvalue weighted by molar-refractivity contribution is 5.97. The largest absolute Gasteiger partial charge is 0.383 e. The van der Waals surface area contributed by atoms with Gasteiger partial charge in [0.15, 0.2) is 0 Å². The zero-order valence-corrected chi connectivity index (χ0v) is 18.4. The van der Waals surface area contributed by atoms with Gasteiger partial charge in [0.05, 0.1) is 13.2 Å². The van der Waals surface area contributed by atoms with Gasteiger partial charge in [-0.3, -0.25) is 14.4 Å². The van der Waals surface area contributed by atoms with Crippen LogP contribution in [0.15, 0.2) is 48.5 Å². The predicted molar refractivity (Wildman–Crippen MR) is 121 cm³/mol. The number of anilines is 2. The van der Waals surface area contributed by atoms with E-state index in [0.29, 0.717) is 35.7 Å². The molecule has 0 atom stereocenters. The average Bonchev–Trinajstić information content (AvgIpc) is 2.72. The first-order chi connectivity index (χ1) is 14.7. The molecule has 31 heavy (non-hydrogen) atoms. The lowest BCUT2D eigenvalue weighted by atomic mass is 10.1. The number of nitrogens with one attached hydrogen (secondary N) is 4. The molecule has 0 unspecified atom stereocenters. The van der Waals surface area contributed by atoms with E-state index in [-0.39, 0.29) is 29.8 Å². The SMILES string of the molecule is COCCNC(=O)c1cccc(NCC(=O)Nc2ccc(C(=O)NC(C)(C)C)cc2)c1. The maximum atomic E-state index is 12.2. The Labute approximate surface area is 182 Å². The van der Waals surface area contributed by atoms with Crippen molar-refractivity contribution in [3.63, 3.8) is 0 Å². The van der Waals surface area contributed by atoms with Crippen molar-refractivity contribution in [1.82, 2.24) is 10.6 Å². The number of carbonyl (C=O) groups excluding carboxylic acids is 3. The highest BCUT2D eigenvalue weighted by Crippen LogP contribution is 2.13. The van der Waals surface area contributed by atoms with Gasteiger partial charge < -0.3 is 26.0 Å². The Balaban J connectivity index is 1.86. The zero-order chi connectivity index (χ0) is 22.9. The molecule has 0 aromatic heterocycles. The molecule has 2 rings (SSSR count). The molecule has 0 aliphatic heterocycles. The topological polar surface area (TPSA) is 109 Å². The van der Waals surface area contributed by atoms with Crippen LogP contribution in [-0.2, 0) is 9.53 Å². The van der Waals surface area contributed by atoms with Gasteiger partial charge in [-0.05, 0) is 63.2 Å². The third-order valence-corrected chi connectivity index (χ3v) is 4.09. The number of methoxy groups -OCH3 is 1. The number of hydrogen-bond donors (Lipinski definition) is 4. The molecule has 0 aliphatic rings. The van der Waals surface area contributed by atoms with Gasteiger partial charge in [-0.15, -0.1) is 0 Å². The molecule has 166 valence electrons. The van der Waals surface area contributed by atoms with Crippen molar-refractivity contribution in [1.29, 1.82) is 0 Å². The van der Waals surface area contributed by atoms with Gasteiger partial charge >= 0.3 is 0 Å². The van der Waals surface area contributed by atoms with Crippen molar-refractivity contribution in [2.45, 2.75) is 26.3 Å². The molecule has 0 radical (unpaired) electrons. The second kappa shape index (κ2) is 11.1. The molecule has 0 aliphatic carbocycles. The summed E-state index contributed by atoms with van der Waals surface area (Å²) in [5, 5.41) is 11.4. The van der Waals surface area contributed by atoms with E-state index < -0.39 is 0 Å². The van der Waals surface area contributed by atoms with Gasteiger partial charge in [-0.2, -0.15) is 0 Å². The molecule has 0 heterocycles. The van der Waals surface area contributed by atoms with E-state index in [0.717, 1.165) is 0 Å². The number of rotatable bonds is 9. The second-order valence-electron chi connectivity index (χ2n) is 8.01. The Morgan fingerprint density at radius 2 is 1.61 bits per heavy atom. The Morgan fingerprint density at radius 3 is 2.26 bits per heavy atom. The molecule has 0 fully saturated rings. The lowest BCUT2D eigenvalue weighted by molar-refractivity contribution is -0.114. The minimum absolute atomic E-state index is 0.0288. The first-order valence-corrected chi connectivity index (χ1v) is 10.0. The minimum Gasteiger partial charge on any atom is -0.383 e. The van der Waals surface area contributed by atoms with Crippen LogP contribution in [0.25, 0.3) is 0 Å². The van der Waals surface area contributed by atoms with Gasteiger partial charge in [0.25, 0.3) is 11.8 Å². The Morgan fingerprint density at radius 1 is 0.903 bits per heavy atom. The molecular formula is C23H30N4O4. The summed E-state index contributed by atoms with van der Waals surface area (Å²) in [6.07, 6.45) is 0. The molecular weight excluding hydrogens is 396 g/mol. The summed E-state index contributed by atoms with van der Waals surface area (Å²) in [7, 11) is 1.57. The van der Waals surface area contributed by atoms with E-state index in [2.05, 4.69) is 21.3 Å². The highest BCUT2D eigenvalue weighted by Gasteiger charge is 2.15. The van der Waals surface area contributed by atoms with Gasteiger partial charge in [0.1, 0.15) is 0 Å². The number of benzene rings is 2. The van der Waals surface area contributed by atoms with E-state index in [1.165, 1.54) is 0 Å². The van der Waals surface area contributed by atoms with Crippen LogP contribution in [0.2, 0.25) is 0 Å². The normalized spacial score (nSPS) is 10.8. The summed E-state index contributed by atoms with van der Waals surface area (Å²) < 4.78 is 4.91. The predicted octanol–water partition coefficient (Wildman–Crippen LogP) is 2.64. The van der Waals surface area contributed by atoms with Crippen molar-refractivity contribution in [3.05, 3.63) is 59.7 Å². The van der Waals surface area contributed by atoms with Crippen LogP contribution in [0, 0.1) is 0 Å². The van der Waals surface area contributed by atoms with Crippen molar-refractivity contribution in [2.24, 2.45) is 0 Å². The fourth-order valence-electron chi connectivity index (χ4n) is 2.64. The van der Waals surface area contributed by atoms with Crippen molar-refractivity contribution < 1.29 is 19.1 Å². The smallest absolute Gasteiger partial charge is 0.251 e. The standard InChI is InChI=1S/C23H30N4O4/c1-23(2,3)27-22(30)16-8-10-18(11-9-16)26-20(28)15-25-19-7-5-6-17(14-19)21(29)24-12-13-31-4/h5-11,14,25H,12-13,15H2,1-4H3,(H,24,29)(H,26,28)(H,27,30). The van der Waals surface area contributed by atoms with E-state index in [1.54, 1.807) is 55.6 Å². The molecule has 4 N–H and O–H groups in total. The van der Waals surface area contributed by atoms with Crippen LogP contribution in [0.3, 0.4) is 0 Å². The van der Waals surface area contributed by atoms with Crippen LogP contribution >= 0.6 is 0 Å². The molecule has 3 amide bonds. The van der Waals surface area contributed by atoms with Gasteiger partial charge in [0.2, 0.25) is 5.91 Å². The van der Waals surface area contributed by atoms with Gasteiger partial charge in [-0.25, -0.2) is 0 Å². The third-order valence-electron chi connectivity index (χ3n) is 4.09. The summed E-state index contributed by atoms with van der Waals surface area (Å²) in [6, 6.07) is 13.6. The van der Waals surface area contributed by atoms with Crippen LogP contribution in [0.5, 0.6) is 0 Å². The Hall–Kier alpha value is -3.39. The molecule has 0 saturated heterocycles. The lowest BCUT2D eigenvalue weighted by Gasteiger charge is -2.20. The number of amides is 3. The zero-order valence-electron chi connectivity index (χ0n) is 18.4. The van der Waals surface area contributed by atoms with E-state index in [9.17, 15) is 14.4 Å². The van der Waals surface area contributed by atoms with Crippen LogP contribution < -0.4 is 21.3 Å². The highest BCUT2D eigenvalue weighted by atomic mass is 16.5. The molecule has 0 spiro atoms. The minimum atomic E-state index is -0.322. The lowest BCUT2D eigenvalue weighted by Crippen LogP contribution is -2.40. The van der Waals surface area contributed by atoms with Crippen molar-refractivity contribution in [2.75, 3.05) is 37.4 Å². The van der Waals surface area contributed by atoms with Crippen LogP contribution in [-0.4, -0.2) is 50.1 Å². The van der Waals surface area contributed by atoms with E-state index in [4.69, 9.17) is 4.74 Å². The Kier molecular flexibility index (Phi) is 8.57. The van der Waals surface area contributed by atoms with Crippen LogP contribution in [0.1, 0.15) is 41.5 Å². The fourth-order valence-corrected chi connectivity index (χ4v) is 2.64. The molecule has 8 heteroatoms. The number of ether oxygens (including phenoxy) is 1. The molecule has 0 bridgehead atoms. The molecule has 2 aromatic rings. The van der Waals surface area contributed by atoms with Crippen LogP contribution in [0.4, 0.5) is 11.4 Å². The maximum Gasteiger partial charge on any atom is 0.251 e. The summed E-state index contributed by atoms with van der Waals surface area (Å²) in [4.78, 5) is 36.5. The summed E-state index contributed by atoms with van der Waals surface area (Å²) in [6.45, 7) is 6.63. The third kappa shape index (κ3) is 8.47. The summed E-state index contributed by atoms with van der Waals surface area (Å²) >= 11 is 0. The fraction of sp³-hybridized carbons (Fsp3) is 0.348. The maximum absolute atomic E-state index is 12.2. The summed E-state index contributed by atoms with van der Waals surface area (Å²) in [5.74, 6) is -0.624. The first-order valence-electron chi connectivity index (χ1n) is 10.0. The monoisotopic (exact) mass is 426 g/mol.